The van der Waals surface area contributed by atoms with Crippen molar-refractivity contribution >= 4 is 5.91 Å². The van der Waals surface area contributed by atoms with Crippen LogP contribution in [0, 0.1) is 0 Å². The maximum Gasteiger partial charge on any atom is 0.220 e. The van der Waals surface area contributed by atoms with Crippen LogP contribution in [0.4, 0.5) is 0 Å². The number of amides is 1. The van der Waals surface area contributed by atoms with E-state index < -0.39 is 12.1 Å². The Hall–Kier alpha value is -1.65. The Kier molecular flexibility index (Phi) is 47.3. The Labute approximate surface area is 356 Å². The van der Waals surface area contributed by atoms with Crippen LogP contribution in [0.2, 0.25) is 0 Å². The Morgan fingerprint density at radius 1 is 0.421 bits per heavy atom. The average Bonchev–Trinajstić information content (AvgIpc) is 3.22. The predicted octanol–water partition coefficient (Wildman–Crippen LogP) is 16.3. The van der Waals surface area contributed by atoms with E-state index in [2.05, 4.69) is 55.6 Å². The molecule has 0 aliphatic rings. The molecule has 0 saturated heterocycles. The molecule has 0 radical (unpaired) electrons. The molecule has 0 aromatic rings. The molecule has 0 heterocycles. The Morgan fingerprint density at radius 3 is 1.16 bits per heavy atom. The second kappa shape index (κ2) is 48.7. The highest BCUT2D eigenvalue weighted by atomic mass is 16.3. The molecule has 0 aromatic heterocycles. The molecule has 2 unspecified atom stereocenters. The minimum absolute atomic E-state index is 0.0773. The number of nitrogens with one attached hydrogen (secondary N) is 1. The quantitative estimate of drug-likeness (QED) is 0.0424. The Morgan fingerprint density at radius 2 is 0.737 bits per heavy atom. The van der Waals surface area contributed by atoms with E-state index in [1.54, 1.807) is 6.08 Å². The standard InChI is InChI=1S/C53H99NO3/c1-3-5-7-9-11-13-15-17-19-21-23-24-25-26-27-28-29-31-32-34-36-38-40-42-44-46-48-52(56)51(50-55)54-53(57)49-47-45-43-41-39-37-35-33-30-22-20-18-16-14-12-10-8-6-4-2/h12,14,18,20,38,40,46,48,51-52,55-56H,3-11,13,15-17,19,21-37,39,41-45,47,49-50H2,1-2H3,(H,54,57)/b14-12-,20-18-,40-38+,48-46+. The van der Waals surface area contributed by atoms with E-state index in [-0.39, 0.29) is 12.5 Å². The first-order valence-corrected chi connectivity index (χ1v) is 25.4. The van der Waals surface area contributed by atoms with Crippen LogP contribution in [-0.4, -0.2) is 34.9 Å². The summed E-state index contributed by atoms with van der Waals surface area (Å²) in [7, 11) is 0. The first-order chi connectivity index (χ1) is 28.2. The number of carbonyl (C=O) groups excluding carboxylic acids is 1. The summed E-state index contributed by atoms with van der Waals surface area (Å²) in [5.74, 6) is -0.0773. The third-order valence-corrected chi connectivity index (χ3v) is 11.5. The van der Waals surface area contributed by atoms with Gasteiger partial charge in [-0.15, -0.1) is 0 Å². The molecular weight excluding hydrogens is 699 g/mol. The predicted molar refractivity (Wildman–Crippen MR) is 253 cm³/mol. The first kappa shape index (κ1) is 55.4. The number of allylic oxidation sites excluding steroid dienone is 7. The van der Waals surface area contributed by atoms with Crippen molar-refractivity contribution in [1.82, 2.24) is 5.32 Å². The number of aliphatic hydroxyl groups is 2. The molecule has 0 aliphatic heterocycles. The van der Waals surface area contributed by atoms with E-state index in [9.17, 15) is 15.0 Å². The fourth-order valence-electron chi connectivity index (χ4n) is 7.64. The van der Waals surface area contributed by atoms with Crippen molar-refractivity contribution in [2.75, 3.05) is 6.61 Å². The van der Waals surface area contributed by atoms with Gasteiger partial charge in [0.05, 0.1) is 18.8 Å². The Balaban J connectivity index is 3.56. The number of unbranched alkanes of at least 4 members (excludes halogenated alkanes) is 33. The molecule has 0 rings (SSSR count). The second-order valence-corrected chi connectivity index (χ2v) is 17.2. The summed E-state index contributed by atoms with van der Waals surface area (Å²) in [5.41, 5.74) is 0. The first-order valence-electron chi connectivity index (χ1n) is 25.4. The van der Waals surface area contributed by atoms with Gasteiger partial charge in [-0.2, -0.15) is 0 Å². The van der Waals surface area contributed by atoms with Crippen LogP contribution in [0.3, 0.4) is 0 Å². The largest absolute Gasteiger partial charge is 0.394 e. The van der Waals surface area contributed by atoms with Gasteiger partial charge in [-0.05, 0) is 64.2 Å². The van der Waals surface area contributed by atoms with Crippen LogP contribution in [0.5, 0.6) is 0 Å². The van der Waals surface area contributed by atoms with Crippen LogP contribution in [-0.2, 0) is 4.79 Å². The smallest absolute Gasteiger partial charge is 0.220 e. The van der Waals surface area contributed by atoms with E-state index in [4.69, 9.17) is 0 Å². The van der Waals surface area contributed by atoms with Crippen molar-refractivity contribution in [1.29, 1.82) is 0 Å². The number of rotatable bonds is 46. The van der Waals surface area contributed by atoms with Crippen LogP contribution in [0.25, 0.3) is 0 Å². The number of hydrogen-bond donors (Lipinski definition) is 3. The molecule has 0 fully saturated rings. The monoisotopic (exact) mass is 798 g/mol. The van der Waals surface area contributed by atoms with Crippen LogP contribution in [0.15, 0.2) is 48.6 Å². The van der Waals surface area contributed by atoms with Gasteiger partial charge in [-0.1, -0.05) is 242 Å². The second-order valence-electron chi connectivity index (χ2n) is 17.2. The summed E-state index contributed by atoms with van der Waals surface area (Å²) in [6, 6.07) is -0.642. The Bertz CT molecular complexity index is 908. The molecule has 4 nitrogen and oxygen atoms in total. The zero-order valence-electron chi connectivity index (χ0n) is 38.4. The molecule has 0 bridgehead atoms. The van der Waals surface area contributed by atoms with E-state index in [0.29, 0.717) is 6.42 Å². The van der Waals surface area contributed by atoms with Gasteiger partial charge >= 0.3 is 0 Å². The van der Waals surface area contributed by atoms with Gasteiger partial charge in [0.25, 0.3) is 0 Å². The van der Waals surface area contributed by atoms with Crippen molar-refractivity contribution in [3.8, 4) is 0 Å². The maximum absolute atomic E-state index is 12.4. The lowest BCUT2D eigenvalue weighted by atomic mass is 10.0. The summed E-state index contributed by atoms with van der Waals surface area (Å²) in [5, 5.41) is 23.1. The number of hydrogen-bond acceptors (Lipinski definition) is 3. The van der Waals surface area contributed by atoms with Crippen LogP contribution < -0.4 is 5.32 Å². The third-order valence-electron chi connectivity index (χ3n) is 11.5. The molecule has 0 spiro atoms. The lowest BCUT2D eigenvalue weighted by Crippen LogP contribution is -2.45. The van der Waals surface area contributed by atoms with Crippen LogP contribution in [0.1, 0.15) is 264 Å². The number of aliphatic hydroxyl groups excluding tert-OH is 2. The lowest BCUT2D eigenvalue weighted by Gasteiger charge is -2.19. The van der Waals surface area contributed by atoms with Crippen molar-refractivity contribution in [2.45, 2.75) is 276 Å². The van der Waals surface area contributed by atoms with Gasteiger partial charge in [0.15, 0.2) is 0 Å². The van der Waals surface area contributed by atoms with Crippen molar-refractivity contribution < 1.29 is 15.0 Å². The molecule has 0 aliphatic carbocycles. The zero-order valence-corrected chi connectivity index (χ0v) is 38.4. The van der Waals surface area contributed by atoms with Crippen LogP contribution >= 0.6 is 0 Å². The molecule has 4 heteroatoms. The highest BCUT2D eigenvalue weighted by Gasteiger charge is 2.17. The van der Waals surface area contributed by atoms with E-state index in [0.717, 1.165) is 38.5 Å². The van der Waals surface area contributed by atoms with Gasteiger partial charge in [0.1, 0.15) is 0 Å². The summed E-state index contributed by atoms with van der Waals surface area (Å²) in [6.07, 6.45) is 66.8. The zero-order chi connectivity index (χ0) is 41.4. The molecule has 57 heavy (non-hydrogen) atoms. The maximum atomic E-state index is 12.4. The van der Waals surface area contributed by atoms with Crippen molar-refractivity contribution in [3.63, 3.8) is 0 Å². The van der Waals surface area contributed by atoms with E-state index in [1.165, 1.54) is 205 Å². The molecule has 334 valence electrons. The summed E-state index contributed by atoms with van der Waals surface area (Å²) in [4.78, 5) is 12.4. The minimum Gasteiger partial charge on any atom is -0.394 e. The summed E-state index contributed by atoms with van der Waals surface area (Å²) < 4.78 is 0. The van der Waals surface area contributed by atoms with Crippen molar-refractivity contribution in [2.24, 2.45) is 0 Å². The molecular formula is C53H99NO3. The molecule has 0 saturated carbocycles. The highest BCUT2D eigenvalue weighted by Crippen LogP contribution is 2.16. The van der Waals surface area contributed by atoms with Gasteiger partial charge in [0.2, 0.25) is 5.91 Å². The topological polar surface area (TPSA) is 69.6 Å². The average molecular weight is 798 g/mol. The normalized spacial score (nSPS) is 13.3. The van der Waals surface area contributed by atoms with Gasteiger partial charge in [-0.3, -0.25) is 4.79 Å². The molecule has 2 atom stereocenters. The number of carbonyl (C=O) groups is 1. The fourth-order valence-corrected chi connectivity index (χ4v) is 7.64. The summed E-state index contributed by atoms with van der Waals surface area (Å²) in [6.45, 7) is 4.29. The SMILES string of the molecule is CCCCC/C=C\C/C=C\CCCCCCCCCCCC(=O)NC(CO)C(O)/C=C/CC/C=C/CCCCCCCCCCCCCCCCCCCCCC. The van der Waals surface area contributed by atoms with Gasteiger partial charge < -0.3 is 15.5 Å². The third kappa shape index (κ3) is 45.3. The fraction of sp³-hybridized carbons (Fsp3) is 0.830. The van der Waals surface area contributed by atoms with E-state index in [1.807, 2.05) is 6.08 Å². The minimum atomic E-state index is -0.865. The van der Waals surface area contributed by atoms with Gasteiger partial charge in [0, 0.05) is 6.42 Å². The van der Waals surface area contributed by atoms with Gasteiger partial charge in [-0.25, -0.2) is 0 Å². The highest BCUT2D eigenvalue weighted by molar-refractivity contribution is 5.76. The molecule has 0 aromatic carbocycles. The van der Waals surface area contributed by atoms with E-state index >= 15 is 0 Å². The summed E-state index contributed by atoms with van der Waals surface area (Å²) >= 11 is 0. The van der Waals surface area contributed by atoms with Crippen molar-refractivity contribution in [3.05, 3.63) is 48.6 Å². The lowest BCUT2D eigenvalue weighted by molar-refractivity contribution is -0.123. The molecule has 1 amide bonds. The molecule has 3 N–H and O–H groups in total.